The quantitative estimate of drug-likeness (QED) is 0.00614. The number of carbonyl (C=O) groups is 8. The Hall–Kier alpha value is -12.0. The maximum atomic E-state index is 14.3. The molecule has 0 aliphatic heterocycles. The van der Waals surface area contributed by atoms with E-state index in [2.05, 4.69) is 85.4 Å². The molecule has 0 aliphatic carbocycles. The van der Waals surface area contributed by atoms with E-state index in [1.807, 2.05) is 135 Å². The molecule has 8 rings (SSSR count). The molecule has 0 fully saturated rings. The van der Waals surface area contributed by atoms with Crippen LogP contribution in [0.25, 0.3) is 65.3 Å². The number of guanidine groups is 2. The zero-order chi connectivity index (χ0) is 82.4. The largest absolute Gasteiger partial charge is 1.00 e. The fraction of sp³-hybridized carbons (Fsp3) is 0.326. The number of ether oxygens (including phenoxy) is 6. The molecule has 8 aromatic rings. The molecule has 114 heavy (non-hydrogen) atoms. The first-order chi connectivity index (χ1) is 54.3. The first-order valence-corrected chi connectivity index (χ1v) is 39.1. The standard InChI is InChI=1S/C44H55N6O7P.C42H50N6O7.ClH/c1-9-16-30-24-28-18-11-13-20-32(28)37(39(30)55-4)38-33-21-14-12-19-29(33)25-31(40(38)56-5)26-36(47-27(3)51)42(53)48-34(22-15-23-46-44(45)50-58(7)8)41(52)49-35(17-10-2)43(54)57-6;1-7-14-28-22-26-16-9-11-18-30(26)35(37(28)53-4)36-31-19-12-10-17-27(31)23-29(38(36)54-5)24-34(46-25(3)49)40(51)47-32(20-13-21-45-42(43)44)39(50)48-33(15-8-2)41(52)55-6;/h9-14,18-21,24-25,34-36H,1-2,15-17,22-23,26H2,3-8H3,(H,47,51)(H,48,53)(H,49,52)(H3,45,46,50);7-12,16-19,22-23,32-34H,1-2,13-15,20-21,24H2,3-6H3,(H,46,49)(H,47,51)(H,48,50)(H4,43,44,45);1H/t34-,35-,36?;32-,33+,34?;/m01./s1. The average molecular weight is 1600 g/mol. The monoisotopic (exact) mass is 1600 g/mol. The Bertz CT molecular complexity index is 4870. The maximum absolute atomic E-state index is 14.3. The van der Waals surface area contributed by atoms with Crippen LogP contribution in [0.1, 0.15) is 74.6 Å². The number of nitrogens with zero attached hydrogens (tertiary/aromatic N) is 1. The summed E-state index contributed by atoms with van der Waals surface area (Å²) in [5.74, 6) is -2.12. The number of benzene rings is 8. The Morgan fingerprint density at radius 2 is 0.763 bits per heavy atom. The number of rotatable bonds is 39. The van der Waals surface area contributed by atoms with E-state index < -0.39 is 91.7 Å². The second kappa shape index (κ2) is 44.9. The Balaban J connectivity index is 0.000000352. The van der Waals surface area contributed by atoms with Crippen molar-refractivity contribution in [1.29, 1.82) is 0 Å². The van der Waals surface area contributed by atoms with Crippen molar-refractivity contribution in [2.24, 2.45) is 22.2 Å². The van der Waals surface area contributed by atoms with Crippen molar-refractivity contribution in [3.05, 3.63) is 194 Å². The molecular weight excluding hydrogens is 1490 g/mol. The number of aliphatic imine (C=N–C) groups is 1. The maximum Gasteiger partial charge on any atom is 0.338 e. The van der Waals surface area contributed by atoms with Crippen molar-refractivity contribution in [3.63, 3.8) is 0 Å². The van der Waals surface area contributed by atoms with Gasteiger partial charge in [-0.25, -0.2) is 9.59 Å². The van der Waals surface area contributed by atoms with E-state index in [4.69, 9.17) is 45.6 Å². The predicted molar refractivity (Wildman–Crippen MR) is 448 cm³/mol. The van der Waals surface area contributed by atoms with Crippen molar-refractivity contribution in [2.75, 3.05) is 69.1 Å². The summed E-state index contributed by atoms with van der Waals surface area (Å²) < 4.78 is 34.4. The van der Waals surface area contributed by atoms with E-state index in [1.54, 1.807) is 28.4 Å². The molecule has 8 aromatic carbocycles. The molecular formula is C86H106ClN12O14P. The molecule has 14 N–H and O–H groups in total. The number of hydrogen-bond donors (Lipinski definition) is 11. The van der Waals surface area contributed by atoms with Crippen LogP contribution in [0, 0.1) is 0 Å². The van der Waals surface area contributed by atoms with Gasteiger partial charge in [-0.15, -0.1) is 26.3 Å². The SMILES string of the molecule is C=CCc1cc2ccccc2c(-c2c(OC)c(CC(NC(C)=O)C(=O)N[C@@H](CCCN=C(N)NP(C)C)C(=O)N[C@@H](CC=C)C(=O)OC)cc3ccccc23)c1OC.C=CCc1cc2ccccc2c(-c2c(OC)c(CC(NC(C)=O)C(=O)N[C@H](CCC[NH+]=C(N)N)C(=O)N[C@@H](CC=C)C(=O)OC)cc3ccccc23)c1OC.[Cl-]. The van der Waals surface area contributed by atoms with Gasteiger partial charge in [0.15, 0.2) is 5.96 Å². The van der Waals surface area contributed by atoms with Crippen LogP contribution in [0.5, 0.6) is 23.0 Å². The lowest BCUT2D eigenvalue weighted by Gasteiger charge is -2.26. The van der Waals surface area contributed by atoms with Crippen LogP contribution >= 0.6 is 8.07 Å². The molecule has 6 atom stereocenters. The molecule has 28 heteroatoms. The van der Waals surface area contributed by atoms with Crippen LogP contribution in [0.3, 0.4) is 0 Å². The highest BCUT2D eigenvalue weighted by Crippen LogP contribution is 2.51. The van der Waals surface area contributed by atoms with E-state index in [0.29, 0.717) is 66.4 Å². The lowest BCUT2D eigenvalue weighted by molar-refractivity contribution is -0.459. The number of nitrogens with two attached hydrogens (primary N) is 3. The van der Waals surface area contributed by atoms with Crippen LogP contribution in [-0.4, -0.2) is 165 Å². The van der Waals surface area contributed by atoms with Gasteiger partial charge in [0, 0.05) is 55.5 Å². The van der Waals surface area contributed by atoms with Crippen LogP contribution in [-0.2, 0) is 73.5 Å². The third kappa shape index (κ3) is 24.0. The summed E-state index contributed by atoms with van der Waals surface area (Å²) in [5.41, 5.74) is 23.4. The molecule has 0 heterocycles. The molecule has 0 saturated heterocycles. The van der Waals surface area contributed by atoms with Crippen LogP contribution in [0.4, 0.5) is 0 Å². The van der Waals surface area contributed by atoms with Crippen molar-refractivity contribution in [3.8, 4) is 45.3 Å². The second-order valence-electron chi connectivity index (χ2n) is 26.8. The van der Waals surface area contributed by atoms with Crippen molar-refractivity contribution in [1.82, 2.24) is 37.0 Å². The Labute approximate surface area is 673 Å². The van der Waals surface area contributed by atoms with E-state index in [9.17, 15) is 38.4 Å². The van der Waals surface area contributed by atoms with Gasteiger partial charge in [-0.3, -0.25) is 50.2 Å². The molecule has 6 amide bonds. The lowest BCUT2D eigenvalue weighted by Crippen LogP contribution is -3.00. The molecule has 0 spiro atoms. The summed E-state index contributed by atoms with van der Waals surface area (Å²) in [5, 5.41) is 27.0. The summed E-state index contributed by atoms with van der Waals surface area (Å²) in [4.78, 5) is 113. The van der Waals surface area contributed by atoms with Gasteiger partial charge in [-0.05, 0) is 162 Å². The van der Waals surface area contributed by atoms with Crippen LogP contribution in [0.15, 0.2) is 177 Å². The summed E-state index contributed by atoms with van der Waals surface area (Å²) in [7, 11) is 8.31. The number of amides is 6. The summed E-state index contributed by atoms with van der Waals surface area (Å²) >= 11 is 0. The van der Waals surface area contributed by atoms with Gasteiger partial charge in [-0.1, -0.05) is 121 Å². The molecule has 0 radical (unpaired) electrons. The van der Waals surface area contributed by atoms with E-state index in [0.717, 1.165) is 76.5 Å². The van der Waals surface area contributed by atoms with E-state index >= 15 is 0 Å². The minimum absolute atomic E-state index is 0. The van der Waals surface area contributed by atoms with Gasteiger partial charge in [0.25, 0.3) is 0 Å². The average Bonchev–Trinajstić information content (AvgIpc) is 0.743. The zero-order valence-electron chi connectivity index (χ0n) is 66.4. The van der Waals surface area contributed by atoms with Gasteiger partial charge < -0.3 is 83.5 Å². The summed E-state index contributed by atoms with van der Waals surface area (Å²) in [6.07, 6.45) is 8.97. The number of carbonyl (C=O) groups excluding carboxylic acids is 8. The molecule has 2 unspecified atom stereocenters. The van der Waals surface area contributed by atoms with Gasteiger partial charge in [0.1, 0.15) is 59.2 Å². The summed E-state index contributed by atoms with van der Waals surface area (Å²) in [6.45, 7) is 22.5. The molecule has 0 aliphatic rings. The Morgan fingerprint density at radius 1 is 0.447 bits per heavy atom. The van der Waals surface area contributed by atoms with Crippen molar-refractivity contribution >= 4 is 110 Å². The smallest absolute Gasteiger partial charge is 0.338 e. The van der Waals surface area contributed by atoms with Crippen LogP contribution in [0.2, 0.25) is 0 Å². The molecule has 0 saturated carbocycles. The van der Waals surface area contributed by atoms with Gasteiger partial charge >= 0.3 is 17.9 Å². The number of esters is 2. The lowest BCUT2D eigenvalue weighted by atomic mass is 9.87. The van der Waals surface area contributed by atoms with E-state index in [1.165, 1.54) is 40.2 Å². The van der Waals surface area contributed by atoms with Crippen molar-refractivity contribution < 1.29 is 84.2 Å². The molecule has 26 nitrogen and oxygen atoms in total. The first kappa shape index (κ1) is 90.9. The topological polar surface area (TPSA) is 381 Å². The van der Waals surface area contributed by atoms with Gasteiger partial charge in [0.05, 0.1) is 49.2 Å². The molecule has 606 valence electrons. The van der Waals surface area contributed by atoms with Crippen LogP contribution < -0.4 is 90.5 Å². The number of halogens is 1. The first-order valence-electron chi connectivity index (χ1n) is 36.9. The fourth-order valence-corrected chi connectivity index (χ4v) is 14.2. The zero-order valence-corrected chi connectivity index (χ0v) is 68.0. The Kier molecular flexibility index (Phi) is 35.8. The third-order valence-electron chi connectivity index (χ3n) is 18.5. The number of nitrogens with one attached hydrogen (secondary N) is 8. The highest BCUT2D eigenvalue weighted by atomic mass is 35.5. The van der Waals surface area contributed by atoms with Gasteiger partial charge in [0.2, 0.25) is 35.4 Å². The third-order valence-corrected chi connectivity index (χ3v) is 19.2. The number of allylic oxidation sites excluding steroid dienone is 2. The fourth-order valence-electron chi connectivity index (χ4n) is 13.7. The van der Waals surface area contributed by atoms with Crippen molar-refractivity contribution in [2.45, 2.75) is 114 Å². The minimum atomic E-state index is -1.14. The number of fused-ring (bicyclic) bond motifs is 4. The number of methoxy groups -OCH3 is 6. The highest BCUT2D eigenvalue weighted by Gasteiger charge is 2.35. The Morgan fingerprint density at radius 3 is 1.07 bits per heavy atom. The second-order valence-corrected chi connectivity index (χ2v) is 28.9. The minimum Gasteiger partial charge on any atom is -1.00 e. The predicted octanol–water partition coefficient (Wildman–Crippen LogP) is 4.82. The number of hydrogen-bond acceptors (Lipinski definition) is 15. The van der Waals surface area contributed by atoms with Gasteiger partial charge in [-0.2, -0.15) is 0 Å². The highest BCUT2D eigenvalue weighted by molar-refractivity contribution is 7.54. The van der Waals surface area contributed by atoms with E-state index in [-0.39, 0.29) is 69.4 Å². The molecule has 0 bridgehead atoms. The molecule has 0 aromatic heterocycles. The summed E-state index contributed by atoms with van der Waals surface area (Å²) in [6, 6.07) is 33.2. The normalized spacial score (nSPS) is 12.6.